The van der Waals surface area contributed by atoms with E-state index in [0.717, 1.165) is 0 Å². The molecule has 0 aliphatic heterocycles. The summed E-state index contributed by atoms with van der Waals surface area (Å²) in [7, 11) is 0. The first-order valence-electron chi connectivity index (χ1n) is 3.69. The van der Waals surface area contributed by atoms with E-state index in [-0.39, 0.29) is 11.3 Å². The Morgan fingerprint density at radius 3 is 2.93 bits per heavy atom. The molecule has 1 aromatic carbocycles. The topological polar surface area (TPSA) is 86.2 Å². The maximum absolute atomic E-state index is 10.5. The number of carbonyl (C=O) groups excluding carboxylic acids is 1. The van der Waals surface area contributed by atoms with E-state index in [9.17, 15) is 14.9 Å². The zero-order valence-corrected chi connectivity index (χ0v) is 6.84. The maximum atomic E-state index is 10.5. The predicted octanol–water partition coefficient (Wildman–Crippen LogP) is 1.55. The monoisotopic (exact) mass is 192 g/mol. The number of benzene rings is 1. The molecule has 0 spiro atoms. The van der Waals surface area contributed by atoms with Gasteiger partial charge >= 0.3 is 0 Å². The summed E-state index contributed by atoms with van der Waals surface area (Å²) >= 11 is 0. The van der Waals surface area contributed by atoms with Gasteiger partial charge < -0.3 is 4.42 Å². The van der Waals surface area contributed by atoms with Crippen LogP contribution in [-0.4, -0.2) is 16.2 Å². The van der Waals surface area contributed by atoms with Gasteiger partial charge in [0.25, 0.3) is 5.69 Å². The summed E-state index contributed by atoms with van der Waals surface area (Å²) in [5, 5.41) is 10.5. The van der Waals surface area contributed by atoms with Crippen LogP contribution in [0.1, 0.15) is 10.4 Å². The van der Waals surface area contributed by atoms with E-state index in [1.165, 1.54) is 18.5 Å². The van der Waals surface area contributed by atoms with Crippen LogP contribution in [0, 0.1) is 10.1 Å². The van der Waals surface area contributed by atoms with Gasteiger partial charge in [-0.3, -0.25) is 14.9 Å². The van der Waals surface area contributed by atoms with Gasteiger partial charge in [0.15, 0.2) is 18.3 Å². The van der Waals surface area contributed by atoms with Crippen molar-refractivity contribution in [2.45, 2.75) is 0 Å². The highest BCUT2D eigenvalue weighted by molar-refractivity contribution is 5.89. The summed E-state index contributed by atoms with van der Waals surface area (Å²) in [6.45, 7) is 0. The smallest absolute Gasteiger partial charge is 0.283 e. The molecule has 0 atom stereocenters. The predicted molar refractivity (Wildman–Crippen MR) is 46.1 cm³/mol. The molecular formula is C8H4N2O4. The molecule has 2 aromatic rings. The molecule has 2 rings (SSSR count). The number of carbonyl (C=O) groups is 1. The Morgan fingerprint density at radius 1 is 1.50 bits per heavy atom. The SMILES string of the molecule is O=Cc1cc2ncoc2cc1[N+](=O)[O-]. The third kappa shape index (κ3) is 1.13. The van der Waals surface area contributed by atoms with Crippen molar-refractivity contribution in [2.24, 2.45) is 0 Å². The average Bonchev–Trinajstić information content (AvgIpc) is 2.62. The molecule has 0 saturated carbocycles. The van der Waals surface area contributed by atoms with Crippen LogP contribution >= 0.6 is 0 Å². The number of nitro benzene ring substituents is 1. The summed E-state index contributed by atoms with van der Waals surface area (Å²) in [4.78, 5) is 24.2. The third-order valence-corrected chi connectivity index (χ3v) is 1.80. The van der Waals surface area contributed by atoms with Gasteiger partial charge in [-0.15, -0.1) is 0 Å². The van der Waals surface area contributed by atoms with Gasteiger partial charge in [-0.2, -0.15) is 0 Å². The molecule has 1 aromatic heterocycles. The van der Waals surface area contributed by atoms with Crippen LogP contribution < -0.4 is 0 Å². The molecule has 0 radical (unpaired) electrons. The van der Waals surface area contributed by atoms with Gasteiger partial charge in [0.2, 0.25) is 0 Å². The molecule has 0 aliphatic carbocycles. The third-order valence-electron chi connectivity index (χ3n) is 1.80. The molecule has 14 heavy (non-hydrogen) atoms. The molecular weight excluding hydrogens is 188 g/mol. The van der Waals surface area contributed by atoms with Crippen molar-refractivity contribution in [1.29, 1.82) is 0 Å². The first kappa shape index (κ1) is 8.36. The van der Waals surface area contributed by atoms with Crippen molar-refractivity contribution < 1.29 is 14.1 Å². The normalized spacial score (nSPS) is 10.3. The average molecular weight is 192 g/mol. The lowest BCUT2D eigenvalue weighted by Crippen LogP contribution is -1.93. The van der Waals surface area contributed by atoms with E-state index >= 15 is 0 Å². The minimum atomic E-state index is -0.633. The fraction of sp³-hybridized carbons (Fsp3) is 0. The highest BCUT2D eigenvalue weighted by Gasteiger charge is 2.16. The maximum Gasteiger partial charge on any atom is 0.283 e. The standard InChI is InChI=1S/C8H4N2O4/c11-3-5-1-6-8(14-4-9-6)2-7(5)10(12)13/h1-4H. The van der Waals surface area contributed by atoms with E-state index in [0.29, 0.717) is 17.4 Å². The van der Waals surface area contributed by atoms with Gasteiger partial charge in [0, 0.05) is 0 Å². The summed E-state index contributed by atoms with van der Waals surface area (Å²) in [5.74, 6) is 0. The minimum Gasteiger partial charge on any atom is -0.443 e. The number of nitro groups is 1. The molecule has 0 amide bonds. The molecule has 6 nitrogen and oxygen atoms in total. The number of rotatable bonds is 2. The lowest BCUT2D eigenvalue weighted by molar-refractivity contribution is -0.385. The van der Waals surface area contributed by atoms with Gasteiger partial charge in [-0.05, 0) is 6.07 Å². The minimum absolute atomic E-state index is 0.00333. The Labute approximate surface area is 77.3 Å². The summed E-state index contributed by atoms with van der Waals surface area (Å²) in [6.07, 6.45) is 1.59. The first-order valence-corrected chi connectivity index (χ1v) is 3.69. The number of nitrogens with zero attached hydrogens (tertiary/aromatic N) is 2. The Kier molecular flexibility index (Phi) is 1.74. The van der Waals surface area contributed by atoms with Crippen molar-refractivity contribution in [3.63, 3.8) is 0 Å². The van der Waals surface area contributed by atoms with Crippen molar-refractivity contribution in [1.82, 2.24) is 4.98 Å². The number of hydrogen-bond acceptors (Lipinski definition) is 5. The molecule has 6 heteroatoms. The zero-order chi connectivity index (χ0) is 10.1. The van der Waals surface area contributed by atoms with Crippen LogP contribution in [-0.2, 0) is 0 Å². The van der Waals surface area contributed by atoms with Crippen LogP contribution in [0.4, 0.5) is 5.69 Å². The molecule has 0 N–H and O–H groups in total. The highest BCUT2D eigenvalue weighted by atomic mass is 16.6. The fourth-order valence-electron chi connectivity index (χ4n) is 1.16. The Morgan fingerprint density at radius 2 is 2.29 bits per heavy atom. The Bertz CT molecular complexity index is 517. The van der Waals surface area contributed by atoms with E-state index in [2.05, 4.69) is 4.98 Å². The van der Waals surface area contributed by atoms with Crippen molar-refractivity contribution in [2.75, 3.05) is 0 Å². The number of hydrogen-bond donors (Lipinski definition) is 0. The van der Waals surface area contributed by atoms with Gasteiger partial charge in [-0.1, -0.05) is 0 Å². The second-order valence-corrected chi connectivity index (χ2v) is 2.61. The largest absolute Gasteiger partial charge is 0.443 e. The molecule has 70 valence electrons. The summed E-state index contributed by atoms with van der Waals surface area (Å²) < 4.78 is 4.88. The zero-order valence-electron chi connectivity index (χ0n) is 6.84. The van der Waals surface area contributed by atoms with Crippen LogP contribution in [0.2, 0.25) is 0 Å². The summed E-state index contributed by atoms with van der Waals surface area (Å²) in [6, 6.07) is 2.51. The lowest BCUT2D eigenvalue weighted by Gasteiger charge is -1.93. The van der Waals surface area contributed by atoms with Gasteiger partial charge in [0.05, 0.1) is 16.6 Å². The van der Waals surface area contributed by atoms with Crippen molar-refractivity contribution >= 4 is 23.1 Å². The van der Waals surface area contributed by atoms with E-state index in [1.54, 1.807) is 0 Å². The van der Waals surface area contributed by atoms with Crippen molar-refractivity contribution in [3.05, 3.63) is 34.2 Å². The molecule has 0 saturated heterocycles. The van der Waals surface area contributed by atoms with E-state index < -0.39 is 4.92 Å². The second-order valence-electron chi connectivity index (χ2n) is 2.61. The highest BCUT2D eigenvalue weighted by Crippen LogP contribution is 2.23. The Balaban J connectivity index is 2.78. The lowest BCUT2D eigenvalue weighted by atomic mass is 10.2. The molecule has 0 aliphatic rings. The molecule has 0 unspecified atom stereocenters. The van der Waals surface area contributed by atoms with Crippen LogP contribution in [0.15, 0.2) is 22.9 Å². The van der Waals surface area contributed by atoms with Crippen molar-refractivity contribution in [3.8, 4) is 0 Å². The molecule has 0 fully saturated rings. The second kappa shape index (κ2) is 2.91. The quantitative estimate of drug-likeness (QED) is 0.409. The number of oxazole rings is 1. The number of aldehydes is 1. The fourth-order valence-corrected chi connectivity index (χ4v) is 1.16. The van der Waals surface area contributed by atoms with E-state index in [1.807, 2.05) is 0 Å². The Hall–Kier alpha value is -2.24. The van der Waals surface area contributed by atoms with Crippen LogP contribution in [0.5, 0.6) is 0 Å². The molecule has 0 bridgehead atoms. The number of aromatic nitrogens is 1. The van der Waals surface area contributed by atoms with Crippen LogP contribution in [0.3, 0.4) is 0 Å². The van der Waals surface area contributed by atoms with Gasteiger partial charge in [0.1, 0.15) is 5.52 Å². The first-order chi connectivity index (χ1) is 6.72. The van der Waals surface area contributed by atoms with Crippen LogP contribution in [0.25, 0.3) is 11.1 Å². The summed E-state index contributed by atoms with van der Waals surface area (Å²) in [5.41, 5.74) is 0.445. The van der Waals surface area contributed by atoms with Gasteiger partial charge in [-0.25, -0.2) is 4.98 Å². The number of fused-ring (bicyclic) bond motifs is 1. The molecule has 1 heterocycles. The van der Waals surface area contributed by atoms with E-state index in [4.69, 9.17) is 4.42 Å².